The number of fused-ring (bicyclic) bond motifs is 2. The molecule has 2 aromatic carbocycles. The van der Waals surface area contributed by atoms with E-state index >= 15 is 0 Å². The van der Waals surface area contributed by atoms with Crippen molar-refractivity contribution in [2.75, 3.05) is 25.2 Å². The van der Waals surface area contributed by atoms with Gasteiger partial charge in [0.25, 0.3) is 0 Å². The van der Waals surface area contributed by atoms with Crippen LogP contribution in [0, 0.1) is 0 Å². The SMILES string of the molecule is CS(=O)(=O)c1ccccc1C(=O)c1ccc2c(c1)c(C1CCN3CCCCC3C1)cn2N. The highest BCUT2D eigenvalue weighted by molar-refractivity contribution is 7.90. The van der Waals surface area contributed by atoms with Crippen LogP contribution in [0.1, 0.15) is 59.5 Å². The zero-order valence-electron chi connectivity index (χ0n) is 18.3. The summed E-state index contributed by atoms with van der Waals surface area (Å²) in [5.74, 6) is 6.40. The van der Waals surface area contributed by atoms with Crippen LogP contribution in [0.2, 0.25) is 0 Å². The van der Waals surface area contributed by atoms with Gasteiger partial charge in [0.2, 0.25) is 0 Å². The van der Waals surface area contributed by atoms with E-state index in [1.54, 1.807) is 28.9 Å². The third kappa shape index (κ3) is 3.73. The van der Waals surface area contributed by atoms with Crippen LogP contribution in [0.5, 0.6) is 0 Å². The molecule has 2 atom stereocenters. The summed E-state index contributed by atoms with van der Waals surface area (Å²) < 4.78 is 26.1. The van der Waals surface area contributed by atoms with E-state index in [0.29, 0.717) is 17.5 Å². The lowest BCUT2D eigenvalue weighted by atomic mass is 9.82. The number of nitrogens with two attached hydrogens (primary N) is 1. The first-order chi connectivity index (χ1) is 15.3. The number of nitrogens with zero attached hydrogens (tertiary/aromatic N) is 2. The van der Waals surface area contributed by atoms with Crippen molar-refractivity contribution in [3.8, 4) is 0 Å². The minimum Gasteiger partial charge on any atom is -0.339 e. The highest BCUT2D eigenvalue weighted by Gasteiger charge is 2.32. The van der Waals surface area contributed by atoms with E-state index < -0.39 is 9.84 Å². The van der Waals surface area contributed by atoms with Crippen molar-refractivity contribution < 1.29 is 13.2 Å². The molecule has 1 aromatic heterocycles. The van der Waals surface area contributed by atoms with E-state index in [4.69, 9.17) is 5.84 Å². The van der Waals surface area contributed by atoms with E-state index in [0.717, 1.165) is 36.5 Å². The summed E-state index contributed by atoms with van der Waals surface area (Å²) in [5, 5.41) is 0.990. The summed E-state index contributed by atoms with van der Waals surface area (Å²) in [6.45, 7) is 2.31. The molecule has 0 radical (unpaired) electrons. The molecule has 3 heterocycles. The van der Waals surface area contributed by atoms with Crippen molar-refractivity contribution in [2.45, 2.75) is 49.0 Å². The van der Waals surface area contributed by atoms with E-state index in [2.05, 4.69) is 4.90 Å². The standard InChI is InChI=1S/C25H29N3O3S/c1-32(30,31)24-8-3-2-7-20(24)25(29)18-9-10-23-21(15-18)22(16-28(23)26)17-11-13-27-12-5-4-6-19(27)14-17/h2-3,7-10,15-17,19H,4-6,11-14,26H2,1H3. The van der Waals surface area contributed by atoms with E-state index in [1.165, 1.54) is 37.4 Å². The number of aromatic nitrogens is 1. The molecule has 7 heteroatoms. The molecule has 0 bridgehead atoms. The number of carbonyl (C=O) groups excluding carboxylic acids is 1. The highest BCUT2D eigenvalue weighted by atomic mass is 32.2. The van der Waals surface area contributed by atoms with Crippen molar-refractivity contribution in [3.63, 3.8) is 0 Å². The van der Waals surface area contributed by atoms with Crippen LogP contribution in [0.4, 0.5) is 0 Å². The smallest absolute Gasteiger partial charge is 0.194 e. The number of ketones is 1. The second kappa shape index (κ2) is 8.05. The molecule has 2 aliphatic rings. The first-order valence-electron chi connectivity index (χ1n) is 11.3. The number of hydrogen-bond donors (Lipinski definition) is 1. The fourth-order valence-electron chi connectivity index (χ4n) is 5.55. The van der Waals surface area contributed by atoms with Gasteiger partial charge in [-0.1, -0.05) is 18.6 Å². The Morgan fingerprint density at radius 2 is 1.88 bits per heavy atom. The van der Waals surface area contributed by atoms with Gasteiger partial charge in [-0.15, -0.1) is 0 Å². The minimum atomic E-state index is -3.51. The monoisotopic (exact) mass is 451 g/mol. The Kier molecular flexibility index (Phi) is 5.34. The largest absolute Gasteiger partial charge is 0.339 e. The molecule has 0 spiro atoms. The van der Waals surface area contributed by atoms with Crippen molar-refractivity contribution in [1.29, 1.82) is 0 Å². The van der Waals surface area contributed by atoms with Gasteiger partial charge in [0.15, 0.2) is 15.6 Å². The number of piperidine rings is 2. The van der Waals surface area contributed by atoms with Gasteiger partial charge in [-0.25, -0.2) is 8.42 Å². The zero-order valence-corrected chi connectivity index (χ0v) is 19.1. The Balaban J connectivity index is 1.53. The summed E-state index contributed by atoms with van der Waals surface area (Å²) in [4.78, 5) is 16.0. The maximum absolute atomic E-state index is 13.3. The van der Waals surface area contributed by atoms with Crippen molar-refractivity contribution in [3.05, 3.63) is 65.4 Å². The molecule has 6 nitrogen and oxygen atoms in total. The molecule has 2 aliphatic heterocycles. The number of rotatable bonds is 4. The lowest BCUT2D eigenvalue weighted by Gasteiger charge is -2.42. The quantitative estimate of drug-likeness (QED) is 0.483. The summed E-state index contributed by atoms with van der Waals surface area (Å²) >= 11 is 0. The first kappa shape index (κ1) is 21.2. The van der Waals surface area contributed by atoms with E-state index in [-0.39, 0.29) is 16.2 Å². The molecular weight excluding hydrogens is 422 g/mol. The number of sulfone groups is 1. The Labute approximate surface area is 188 Å². The van der Waals surface area contributed by atoms with Crippen LogP contribution in [-0.2, 0) is 9.84 Å². The second-order valence-electron chi connectivity index (χ2n) is 9.23. The normalized spacial score (nSPS) is 22.0. The van der Waals surface area contributed by atoms with Crippen LogP contribution in [0.15, 0.2) is 53.6 Å². The molecule has 0 amide bonds. The molecule has 3 aromatic rings. The molecule has 5 rings (SSSR count). The van der Waals surface area contributed by atoms with Crippen molar-refractivity contribution in [1.82, 2.24) is 9.58 Å². The van der Waals surface area contributed by atoms with Gasteiger partial charge in [0, 0.05) is 35.0 Å². The molecule has 0 aliphatic carbocycles. The molecule has 0 saturated carbocycles. The lowest BCUT2D eigenvalue weighted by molar-refractivity contribution is 0.0977. The number of carbonyl (C=O) groups is 1. The predicted octanol–water partition coefficient (Wildman–Crippen LogP) is 3.72. The third-order valence-corrected chi connectivity index (χ3v) is 8.32. The third-order valence-electron chi connectivity index (χ3n) is 7.17. The zero-order chi connectivity index (χ0) is 22.5. The number of benzene rings is 2. The molecule has 32 heavy (non-hydrogen) atoms. The minimum absolute atomic E-state index is 0.0615. The van der Waals surface area contributed by atoms with Crippen LogP contribution >= 0.6 is 0 Å². The molecule has 2 N–H and O–H groups in total. The van der Waals surface area contributed by atoms with Gasteiger partial charge in [-0.3, -0.25) is 9.47 Å². The lowest BCUT2D eigenvalue weighted by Crippen LogP contribution is -2.44. The van der Waals surface area contributed by atoms with Crippen molar-refractivity contribution in [2.24, 2.45) is 0 Å². The van der Waals surface area contributed by atoms with Gasteiger partial charge < -0.3 is 10.7 Å². The van der Waals surface area contributed by atoms with Crippen LogP contribution in [0.25, 0.3) is 10.9 Å². The summed E-state index contributed by atoms with van der Waals surface area (Å²) in [7, 11) is -3.51. The summed E-state index contributed by atoms with van der Waals surface area (Å²) in [5.41, 5.74) is 2.77. The maximum atomic E-state index is 13.3. The highest BCUT2D eigenvalue weighted by Crippen LogP contribution is 2.39. The van der Waals surface area contributed by atoms with Gasteiger partial charge >= 0.3 is 0 Å². The van der Waals surface area contributed by atoms with Crippen LogP contribution in [-0.4, -0.2) is 49.2 Å². The van der Waals surface area contributed by atoms with E-state index in [9.17, 15) is 13.2 Å². The van der Waals surface area contributed by atoms with Crippen LogP contribution in [0.3, 0.4) is 0 Å². The van der Waals surface area contributed by atoms with E-state index in [1.807, 2.05) is 18.3 Å². The Hall–Kier alpha value is -2.64. The summed E-state index contributed by atoms with van der Waals surface area (Å²) in [6, 6.07) is 12.5. The Morgan fingerprint density at radius 3 is 2.69 bits per heavy atom. The van der Waals surface area contributed by atoms with Crippen LogP contribution < -0.4 is 5.84 Å². The average molecular weight is 452 g/mol. The number of nitrogen functional groups attached to an aromatic ring is 1. The fourth-order valence-corrected chi connectivity index (χ4v) is 6.44. The molecule has 2 unspecified atom stereocenters. The number of hydrogen-bond acceptors (Lipinski definition) is 5. The Bertz CT molecular complexity index is 1300. The molecule has 2 fully saturated rings. The average Bonchev–Trinajstić information content (AvgIpc) is 3.13. The first-order valence-corrected chi connectivity index (χ1v) is 13.2. The second-order valence-corrected chi connectivity index (χ2v) is 11.2. The maximum Gasteiger partial charge on any atom is 0.194 e. The van der Waals surface area contributed by atoms with Gasteiger partial charge in [-0.2, -0.15) is 0 Å². The predicted molar refractivity (Wildman–Crippen MR) is 126 cm³/mol. The fraction of sp³-hybridized carbons (Fsp3) is 0.400. The summed E-state index contributed by atoms with van der Waals surface area (Å²) in [6.07, 6.45) is 9.19. The van der Waals surface area contributed by atoms with Gasteiger partial charge in [-0.05, 0) is 80.6 Å². The van der Waals surface area contributed by atoms with Crippen molar-refractivity contribution >= 4 is 26.5 Å². The molecule has 168 valence electrons. The van der Waals surface area contributed by atoms with Gasteiger partial charge in [0.1, 0.15) is 0 Å². The molecule has 2 saturated heterocycles. The van der Waals surface area contributed by atoms with Gasteiger partial charge in [0.05, 0.1) is 10.4 Å². The molecular formula is C25H29N3O3S. The Morgan fingerprint density at radius 1 is 1.06 bits per heavy atom. The topological polar surface area (TPSA) is 85.4 Å².